The van der Waals surface area contributed by atoms with E-state index in [-0.39, 0.29) is 23.6 Å². The zero-order chi connectivity index (χ0) is 38.4. The van der Waals surface area contributed by atoms with Crippen molar-refractivity contribution >= 4 is 58.3 Å². The van der Waals surface area contributed by atoms with Gasteiger partial charge in [0.15, 0.2) is 0 Å². The fourth-order valence-electron chi connectivity index (χ4n) is 8.60. The second kappa shape index (κ2) is 16.8. The molecular formula is C48H48N4O4. The first-order valence-corrected chi connectivity index (χ1v) is 20.1. The predicted molar refractivity (Wildman–Crippen MR) is 224 cm³/mol. The van der Waals surface area contributed by atoms with Crippen molar-refractivity contribution in [3.63, 3.8) is 0 Å². The molecule has 0 saturated carbocycles. The first-order chi connectivity index (χ1) is 27.4. The number of amides is 4. The molecule has 2 heterocycles. The van der Waals surface area contributed by atoms with Crippen molar-refractivity contribution < 1.29 is 19.2 Å². The van der Waals surface area contributed by atoms with Crippen molar-refractivity contribution in [3.8, 4) is 0 Å². The molecule has 2 fully saturated rings. The number of hydrogen-bond acceptors (Lipinski definition) is 4. The third kappa shape index (κ3) is 8.01. The normalized spacial score (nSPS) is 19.3. The number of likely N-dealkylation sites (tertiary alicyclic amines) is 2. The van der Waals surface area contributed by atoms with E-state index in [1.807, 2.05) is 109 Å². The number of rotatable bonds is 10. The molecule has 2 aliphatic heterocycles. The first-order valence-electron chi connectivity index (χ1n) is 20.1. The van der Waals surface area contributed by atoms with Gasteiger partial charge in [0, 0.05) is 35.6 Å². The second-order valence-electron chi connectivity index (χ2n) is 15.2. The number of nitrogens with zero attached hydrogens (tertiary/aromatic N) is 2. The minimum atomic E-state index is -0.512. The molecule has 2 N–H and O–H groups in total. The van der Waals surface area contributed by atoms with Gasteiger partial charge in [-0.3, -0.25) is 19.2 Å². The second-order valence-corrected chi connectivity index (χ2v) is 15.2. The molecular weight excluding hydrogens is 697 g/mol. The Kier molecular flexibility index (Phi) is 11.1. The molecule has 4 aromatic carbocycles. The van der Waals surface area contributed by atoms with E-state index in [4.69, 9.17) is 0 Å². The molecule has 8 nitrogen and oxygen atoms in total. The molecule has 8 heteroatoms. The third-order valence-corrected chi connectivity index (χ3v) is 11.5. The summed E-state index contributed by atoms with van der Waals surface area (Å²) in [7, 11) is 0. The van der Waals surface area contributed by atoms with Crippen molar-refractivity contribution in [2.75, 3.05) is 23.7 Å². The molecule has 4 aromatic rings. The molecule has 0 bridgehead atoms. The van der Waals surface area contributed by atoms with Crippen LogP contribution in [-0.4, -0.2) is 58.6 Å². The SMILES string of the molecule is O=C(Nc1ccc(/C=C/c2ccc(NC(=O)[C@@H]3CCCN3C(=O)c3ccccc3C3=CCCC3)cc2)cc1)[C@@H]1CCCN1C(=O)c1ccccc1C1=CCCC1. The average Bonchev–Trinajstić information content (AvgIpc) is 4.09. The van der Waals surface area contributed by atoms with Gasteiger partial charge in [0.1, 0.15) is 12.1 Å². The van der Waals surface area contributed by atoms with E-state index < -0.39 is 12.1 Å². The van der Waals surface area contributed by atoms with Gasteiger partial charge >= 0.3 is 0 Å². The first kappa shape index (κ1) is 36.9. The average molecular weight is 745 g/mol. The molecule has 0 unspecified atom stereocenters. The van der Waals surface area contributed by atoms with Crippen LogP contribution < -0.4 is 10.6 Å². The van der Waals surface area contributed by atoms with Crippen LogP contribution in [0.2, 0.25) is 0 Å². The third-order valence-electron chi connectivity index (χ3n) is 11.5. The van der Waals surface area contributed by atoms with E-state index in [9.17, 15) is 19.2 Å². The zero-order valence-electron chi connectivity index (χ0n) is 31.7. The van der Waals surface area contributed by atoms with Crippen molar-refractivity contribution in [1.29, 1.82) is 0 Å². The summed E-state index contributed by atoms with van der Waals surface area (Å²) in [5.41, 5.74) is 9.07. The summed E-state index contributed by atoms with van der Waals surface area (Å²) in [6.45, 7) is 1.13. The van der Waals surface area contributed by atoms with E-state index in [0.29, 0.717) is 48.4 Å². The van der Waals surface area contributed by atoms with Gasteiger partial charge in [-0.15, -0.1) is 0 Å². The highest BCUT2D eigenvalue weighted by atomic mass is 16.2. The highest BCUT2D eigenvalue weighted by Gasteiger charge is 2.37. The van der Waals surface area contributed by atoms with Crippen LogP contribution in [-0.2, 0) is 9.59 Å². The minimum absolute atomic E-state index is 0.0799. The number of anilines is 2. The van der Waals surface area contributed by atoms with Gasteiger partial charge in [-0.05, 0) is 134 Å². The van der Waals surface area contributed by atoms with Gasteiger partial charge in [0.05, 0.1) is 0 Å². The van der Waals surface area contributed by atoms with Crippen LogP contribution >= 0.6 is 0 Å². The summed E-state index contributed by atoms with van der Waals surface area (Å²) < 4.78 is 0. The molecule has 2 atom stereocenters. The Bertz CT molecular complexity index is 2060. The van der Waals surface area contributed by atoms with Crippen molar-refractivity contribution in [2.24, 2.45) is 0 Å². The standard InChI is InChI=1S/C48H48N4O4/c53-45(43-19-9-31-51(43)47(55)41-17-7-5-15-39(41)35-11-1-2-12-35)49-37-27-23-33(24-28-37)21-22-34-25-29-38(30-26-34)50-46(54)44-20-10-32-52(44)48(56)42-18-8-6-16-40(42)36-13-3-4-14-36/h5-8,11,13,15-18,21-30,43-44H,1-4,9-10,12,14,19-20,31-32H2,(H,49,53)(H,50,54)/b22-21+/t43-,44-/m0/s1. The number of carbonyl (C=O) groups is 4. The zero-order valence-corrected chi connectivity index (χ0v) is 31.7. The predicted octanol–water partition coefficient (Wildman–Crippen LogP) is 9.48. The van der Waals surface area contributed by atoms with Crippen LogP contribution in [0.25, 0.3) is 23.3 Å². The fourth-order valence-corrected chi connectivity index (χ4v) is 8.60. The molecule has 2 aliphatic carbocycles. The van der Waals surface area contributed by atoms with Crippen molar-refractivity contribution in [2.45, 2.75) is 76.3 Å². The molecule has 0 radical (unpaired) electrons. The summed E-state index contributed by atoms with van der Waals surface area (Å²) in [5.74, 6) is -0.496. The van der Waals surface area contributed by atoms with E-state index in [1.54, 1.807) is 9.80 Å². The van der Waals surface area contributed by atoms with Crippen LogP contribution in [0, 0.1) is 0 Å². The molecule has 284 valence electrons. The summed E-state index contributed by atoms with van der Waals surface area (Å²) in [6, 6.07) is 29.8. The Labute approximate surface area is 329 Å². The van der Waals surface area contributed by atoms with Crippen LogP contribution in [0.15, 0.2) is 109 Å². The quantitative estimate of drug-likeness (QED) is 0.158. The maximum atomic E-state index is 13.7. The summed E-state index contributed by atoms with van der Waals surface area (Å²) in [5, 5.41) is 6.07. The Morgan fingerprint density at radius 3 is 1.32 bits per heavy atom. The van der Waals surface area contributed by atoms with Crippen molar-refractivity contribution in [1.82, 2.24) is 9.80 Å². The van der Waals surface area contributed by atoms with Crippen LogP contribution in [0.1, 0.15) is 107 Å². The number of benzene rings is 4. The lowest BCUT2D eigenvalue weighted by Crippen LogP contribution is -2.43. The maximum Gasteiger partial charge on any atom is 0.255 e. The van der Waals surface area contributed by atoms with E-state index in [0.717, 1.165) is 73.6 Å². The van der Waals surface area contributed by atoms with Crippen LogP contribution in [0.3, 0.4) is 0 Å². The smallest absolute Gasteiger partial charge is 0.255 e. The van der Waals surface area contributed by atoms with Gasteiger partial charge < -0.3 is 20.4 Å². The lowest BCUT2D eigenvalue weighted by atomic mass is 9.98. The van der Waals surface area contributed by atoms with Crippen molar-refractivity contribution in [3.05, 3.63) is 143 Å². The van der Waals surface area contributed by atoms with Gasteiger partial charge in [-0.1, -0.05) is 85.0 Å². The van der Waals surface area contributed by atoms with Gasteiger partial charge in [-0.2, -0.15) is 0 Å². The molecule has 4 aliphatic rings. The highest BCUT2D eigenvalue weighted by molar-refractivity contribution is 6.05. The Morgan fingerprint density at radius 1 is 0.518 bits per heavy atom. The molecule has 4 amide bonds. The largest absolute Gasteiger partial charge is 0.327 e. The fraction of sp³-hybridized carbons (Fsp3) is 0.292. The molecule has 56 heavy (non-hydrogen) atoms. The van der Waals surface area contributed by atoms with Crippen LogP contribution in [0.5, 0.6) is 0 Å². The topological polar surface area (TPSA) is 98.8 Å². The number of carbonyl (C=O) groups excluding carboxylic acids is 4. The summed E-state index contributed by atoms with van der Waals surface area (Å²) in [6.07, 6.45) is 17.5. The monoisotopic (exact) mass is 744 g/mol. The Hall–Kier alpha value is -6.02. The van der Waals surface area contributed by atoms with E-state index >= 15 is 0 Å². The maximum absolute atomic E-state index is 13.7. The van der Waals surface area contributed by atoms with Crippen LogP contribution in [0.4, 0.5) is 11.4 Å². The summed E-state index contributed by atoms with van der Waals surface area (Å²) >= 11 is 0. The molecule has 8 rings (SSSR count). The lowest BCUT2D eigenvalue weighted by Gasteiger charge is -2.25. The minimum Gasteiger partial charge on any atom is -0.327 e. The van der Waals surface area contributed by atoms with Gasteiger partial charge in [-0.25, -0.2) is 0 Å². The lowest BCUT2D eigenvalue weighted by molar-refractivity contribution is -0.120. The van der Waals surface area contributed by atoms with E-state index in [2.05, 4.69) is 22.8 Å². The molecule has 0 aromatic heterocycles. The summed E-state index contributed by atoms with van der Waals surface area (Å²) in [4.78, 5) is 57.9. The number of hydrogen-bond donors (Lipinski definition) is 2. The molecule has 2 saturated heterocycles. The van der Waals surface area contributed by atoms with E-state index in [1.165, 1.54) is 11.1 Å². The van der Waals surface area contributed by atoms with Gasteiger partial charge in [0.2, 0.25) is 11.8 Å². The Balaban J connectivity index is 0.849. The number of allylic oxidation sites excluding steroid dienone is 4. The highest BCUT2D eigenvalue weighted by Crippen LogP contribution is 2.33. The molecule has 0 spiro atoms. The number of nitrogens with one attached hydrogen (secondary N) is 2. The van der Waals surface area contributed by atoms with Gasteiger partial charge in [0.25, 0.3) is 11.8 Å². The Morgan fingerprint density at radius 2 is 0.929 bits per heavy atom.